The first-order chi connectivity index (χ1) is 10.6. The number of hydrogen-bond donors (Lipinski definition) is 4. The molecule has 0 aliphatic heterocycles. The maximum absolute atomic E-state index is 11.4. The molecule has 0 aliphatic carbocycles. The van der Waals surface area contributed by atoms with E-state index in [1.807, 2.05) is 18.2 Å². The van der Waals surface area contributed by atoms with Gasteiger partial charge < -0.3 is 21.1 Å². The fourth-order valence-corrected chi connectivity index (χ4v) is 2.37. The van der Waals surface area contributed by atoms with Crippen LogP contribution in [-0.2, 0) is 10.2 Å². The third-order valence-corrected chi connectivity index (χ3v) is 3.89. The van der Waals surface area contributed by atoms with Crippen molar-refractivity contribution in [3.05, 3.63) is 29.6 Å². The highest BCUT2D eigenvalue weighted by atomic mass is 16.4. The lowest BCUT2D eigenvalue weighted by Crippen LogP contribution is -2.37. The largest absolute Gasteiger partial charge is 0.465 e. The lowest BCUT2D eigenvalue weighted by atomic mass is 9.87. The number of H-pyrrole nitrogens is 1. The summed E-state index contributed by atoms with van der Waals surface area (Å²) in [5.74, 6) is -0.951. The summed E-state index contributed by atoms with van der Waals surface area (Å²) < 4.78 is 0. The van der Waals surface area contributed by atoms with Crippen LogP contribution in [0.15, 0.2) is 18.2 Å². The Balaban J connectivity index is 2.47. The van der Waals surface area contributed by atoms with E-state index >= 15 is 0 Å². The summed E-state index contributed by atoms with van der Waals surface area (Å²) in [5.41, 5.74) is 7.93. The van der Waals surface area contributed by atoms with Crippen LogP contribution in [0.25, 0.3) is 11.0 Å². The Bertz CT molecular complexity index is 745. The number of nitrogens with one attached hydrogen (secondary N) is 2. The molecule has 23 heavy (non-hydrogen) atoms. The average molecular weight is 318 g/mol. The van der Waals surface area contributed by atoms with Gasteiger partial charge in [0, 0.05) is 0 Å². The van der Waals surface area contributed by atoms with Crippen LogP contribution in [-0.4, -0.2) is 27.1 Å². The van der Waals surface area contributed by atoms with Crippen LogP contribution in [0.2, 0.25) is 0 Å². The Morgan fingerprint density at radius 1 is 1.35 bits per heavy atom. The molecule has 1 aromatic heterocycles. The number of fused-ring (bicyclic) bond motifs is 1. The Labute approximate surface area is 134 Å². The molecule has 7 nitrogen and oxygen atoms in total. The smallest absolute Gasteiger partial charge is 0.405 e. The SMILES string of the molecule is CC(C(N)=O)[C@H](NC(=O)O)c1nc2ccc(C(C)(C)C)cc2[nH]1. The molecular weight excluding hydrogens is 296 g/mol. The van der Waals surface area contributed by atoms with Crippen LogP contribution in [0.1, 0.15) is 45.1 Å². The van der Waals surface area contributed by atoms with Crippen LogP contribution < -0.4 is 11.1 Å². The molecule has 0 saturated heterocycles. The fraction of sp³-hybridized carbons (Fsp3) is 0.438. The van der Waals surface area contributed by atoms with Gasteiger partial charge in [-0.1, -0.05) is 33.8 Å². The number of carboxylic acid groups (broad SMARTS) is 1. The first-order valence-electron chi connectivity index (χ1n) is 7.38. The second-order valence-corrected chi connectivity index (χ2v) is 6.72. The van der Waals surface area contributed by atoms with E-state index < -0.39 is 24.0 Å². The van der Waals surface area contributed by atoms with Crippen molar-refractivity contribution in [1.82, 2.24) is 15.3 Å². The first-order valence-corrected chi connectivity index (χ1v) is 7.38. The topological polar surface area (TPSA) is 121 Å². The standard InChI is InChI=1S/C16H22N4O3/c1-8(13(17)21)12(20-15(22)23)14-18-10-6-5-9(16(2,3)4)7-11(10)19-14/h5-8,12,20H,1-4H3,(H2,17,21)(H,18,19)(H,22,23)/t8?,12-/m0/s1. The number of rotatable bonds is 4. The molecule has 1 aromatic carbocycles. The fourth-order valence-electron chi connectivity index (χ4n) is 2.37. The molecular formula is C16H22N4O3. The van der Waals surface area contributed by atoms with Crippen LogP contribution in [0.3, 0.4) is 0 Å². The molecule has 2 rings (SSSR count). The maximum atomic E-state index is 11.4. The van der Waals surface area contributed by atoms with Gasteiger partial charge in [0.25, 0.3) is 0 Å². The number of aromatic amines is 1. The molecule has 1 heterocycles. The number of hydrogen-bond acceptors (Lipinski definition) is 3. The van der Waals surface area contributed by atoms with Gasteiger partial charge in [0.2, 0.25) is 5.91 Å². The monoisotopic (exact) mass is 318 g/mol. The van der Waals surface area contributed by atoms with E-state index in [-0.39, 0.29) is 5.41 Å². The van der Waals surface area contributed by atoms with Gasteiger partial charge >= 0.3 is 6.09 Å². The zero-order valence-electron chi connectivity index (χ0n) is 13.7. The molecule has 0 spiro atoms. The molecule has 0 saturated carbocycles. The molecule has 2 aromatic rings. The molecule has 2 atom stereocenters. The van der Waals surface area contributed by atoms with Crippen LogP contribution >= 0.6 is 0 Å². The van der Waals surface area contributed by atoms with Gasteiger partial charge in [0.1, 0.15) is 11.9 Å². The van der Waals surface area contributed by atoms with Crippen molar-refractivity contribution >= 4 is 23.0 Å². The summed E-state index contributed by atoms with van der Waals surface area (Å²) in [6, 6.07) is 5.03. The highest BCUT2D eigenvalue weighted by molar-refractivity contribution is 5.79. The molecule has 1 unspecified atom stereocenters. The van der Waals surface area contributed by atoms with Gasteiger partial charge in [0.15, 0.2) is 0 Å². The number of nitrogens with zero attached hydrogens (tertiary/aromatic N) is 1. The Kier molecular flexibility index (Phi) is 4.31. The van der Waals surface area contributed by atoms with Gasteiger partial charge in [-0.25, -0.2) is 9.78 Å². The minimum Gasteiger partial charge on any atom is -0.465 e. The molecule has 0 radical (unpaired) electrons. The second kappa shape index (κ2) is 5.91. The molecule has 0 fully saturated rings. The number of aromatic nitrogens is 2. The summed E-state index contributed by atoms with van der Waals surface area (Å²) >= 11 is 0. The number of nitrogens with two attached hydrogens (primary N) is 1. The van der Waals surface area contributed by atoms with Crippen molar-refractivity contribution in [3.8, 4) is 0 Å². The second-order valence-electron chi connectivity index (χ2n) is 6.72. The maximum Gasteiger partial charge on any atom is 0.405 e. The molecule has 124 valence electrons. The number of benzene rings is 1. The third kappa shape index (κ3) is 3.61. The van der Waals surface area contributed by atoms with Crippen molar-refractivity contribution in [3.63, 3.8) is 0 Å². The Hall–Kier alpha value is -2.57. The van der Waals surface area contributed by atoms with Crippen LogP contribution in [0.4, 0.5) is 4.79 Å². The summed E-state index contributed by atoms with van der Waals surface area (Å²) in [6.45, 7) is 7.89. The zero-order chi connectivity index (χ0) is 17.4. The first kappa shape index (κ1) is 16.8. The van der Waals surface area contributed by atoms with Crippen LogP contribution in [0, 0.1) is 5.92 Å². The number of primary amides is 1. The van der Waals surface area contributed by atoms with E-state index in [1.54, 1.807) is 6.92 Å². The van der Waals surface area contributed by atoms with Crippen molar-refractivity contribution < 1.29 is 14.7 Å². The highest BCUT2D eigenvalue weighted by Crippen LogP contribution is 2.27. The quantitative estimate of drug-likeness (QED) is 0.691. The number of carbonyl (C=O) groups excluding carboxylic acids is 1. The Morgan fingerprint density at radius 2 is 2.00 bits per heavy atom. The lowest BCUT2D eigenvalue weighted by Gasteiger charge is -2.19. The van der Waals surface area contributed by atoms with Gasteiger partial charge in [-0.3, -0.25) is 4.79 Å². The third-order valence-electron chi connectivity index (χ3n) is 3.89. The number of imidazole rings is 1. The molecule has 0 bridgehead atoms. The van der Waals surface area contributed by atoms with Gasteiger partial charge in [-0.05, 0) is 23.1 Å². The highest BCUT2D eigenvalue weighted by Gasteiger charge is 2.28. The summed E-state index contributed by atoms with van der Waals surface area (Å²) in [7, 11) is 0. The molecule has 2 amide bonds. The van der Waals surface area contributed by atoms with Crippen molar-refractivity contribution in [1.29, 1.82) is 0 Å². The average Bonchev–Trinajstić information content (AvgIpc) is 2.85. The minimum atomic E-state index is -1.24. The normalized spacial score (nSPS) is 14.4. The zero-order valence-corrected chi connectivity index (χ0v) is 13.7. The van der Waals surface area contributed by atoms with E-state index in [2.05, 4.69) is 36.1 Å². The van der Waals surface area contributed by atoms with Crippen LogP contribution in [0.5, 0.6) is 0 Å². The number of carbonyl (C=O) groups is 2. The van der Waals surface area contributed by atoms with E-state index in [4.69, 9.17) is 10.8 Å². The lowest BCUT2D eigenvalue weighted by molar-refractivity contribution is -0.122. The van der Waals surface area contributed by atoms with E-state index in [0.29, 0.717) is 11.3 Å². The molecule has 5 N–H and O–H groups in total. The van der Waals surface area contributed by atoms with Crippen molar-refractivity contribution in [2.75, 3.05) is 0 Å². The molecule has 7 heteroatoms. The van der Waals surface area contributed by atoms with E-state index in [1.165, 1.54) is 0 Å². The van der Waals surface area contributed by atoms with Gasteiger partial charge in [0.05, 0.1) is 17.0 Å². The predicted octanol–water partition coefficient (Wildman–Crippen LogP) is 2.29. The van der Waals surface area contributed by atoms with E-state index in [9.17, 15) is 9.59 Å². The van der Waals surface area contributed by atoms with Crippen molar-refractivity contribution in [2.24, 2.45) is 11.7 Å². The summed E-state index contributed by atoms with van der Waals surface area (Å²) in [5, 5.41) is 11.3. The van der Waals surface area contributed by atoms with Gasteiger partial charge in [-0.2, -0.15) is 0 Å². The van der Waals surface area contributed by atoms with Gasteiger partial charge in [-0.15, -0.1) is 0 Å². The van der Waals surface area contributed by atoms with E-state index in [0.717, 1.165) is 11.1 Å². The summed E-state index contributed by atoms with van der Waals surface area (Å²) in [6.07, 6.45) is -1.24. The minimum absolute atomic E-state index is 0.0152. The number of amides is 2. The predicted molar refractivity (Wildman–Crippen MR) is 87.1 cm³/mol. The molecule has 0 aliphatic rings. The van der Waals surface area contributed by atoms with Crippen molar-refractivity contribution in [2.45, 2.75) is 39.2 Å². The summed E-state index contributed by atoms with van der Waals surface area (Å²) in [4.78, 5) is 30.0. The Morgan fingerprint density at radius 3 is 2.52 bits per heavy atom.